The minimum Gasteiger partial charge on any atom is -0.442 e. The summed E-state index contributed by atoms with van der Waals surface area (Å²) in [6.45, 7) is 6.38. The predicted octanol–water partition coefficient (Wildman–Crippen LogP) is 2.27. The quantitative estimate of drug-likeness (QED) is 0.805. The summed E-state index contributed by atoms with van der Waals surface area (Å²) in [5.41, 5.74) is 6.12. The molecule has 1 aliphatic heterocycles. The molecule has 0 aliphatic carbocycles. The standard InChI is InChI=1S/C15H21N3O3/c1-15(2,3)21-14(20)18-10-4-9-17(18)13(19)11-5-7-12(16)8-6-11/h5-8H,4,9-10,16H2,1-3H3. The molecule has 0 radical (unpaired) electrons. The lowest BCUT2D eigenvalue weighted by Crippen LogP contribution is -2.46. The lowest BCUT2D eigenvalue weighted by Gasteiger charge is -2.30. The van der Waals surface area contributed by atoms with Crippen molar-refractivity contribution in [3.05, 3.63) is 29.8 Å². The first-order chi connectivity index (χ1) is 9.78. The van der Waals surface area contributed by atoms with E-state index in [2.05, 4.69) is 0 Å². The van der Waals surface area contributed by atoms with Crippen molar-refractivity contribution in [3.63, 3.8) is 0 Å². The first kappa shape index (κ1) is 15.2. The van der Waals surface area contributed by atoms with E-state index in [1.165, 1.54) is 10.0 Å². The molecule has 1 aromatic carbocycles. The zero-order chi connectivity index (χ0) is 15.6. The lowest BCUT2D eigenvalue weighted by atomic mass is 10.2. The number of rotatable bonds is 1. The molecule has 0 aromatic heterocycles. The molecule has 21 heavy (non-hydrogen) atoms. The normalized spacial score (nSPS) is 15.2. The molecule has 6 heteroatoms. The summed E-state index contributed by atoms with van der Waals surface area (Å²) >= 11 is 0. The van der Waals surface area contributed by atoms with Crippen LogP contribution in [0.25, 0.3) is 0 Å². The molecular weight excluding hydrogens is 270 g/mol. The molecule has 2 amide bonds. The number of nitrogens with zero attached hydrogens (tertiary/aromatic N) is 2. The van der Waals surface area contributed by atoms with Gasteiger partial charge in [0.1, 0.15) is 5.60 Å². The van der Waals surface area contributed by atoms with Crippen molar-refractivity contribution in [2.45, 2.75) is 32.8 Å². The molecule has 6 nitrogen and oxygen atoms in total. The van der Waals surface area contributed by atoms with Gasteiger partial charge in [-0.05, 0) is 51.5 Å². The number of anilines is 1. The number of nitrogens with two attached hydrogens (primary N) is 1. The Kier molecular flexibility index (Phi) is 4.06. The lowest BCUT2D eigenvalue weighted by molar-refractivity contribution is -0.0193. The Morgan fingerprint density at radius 1 is 1.10 bits per heavy atom. The number of hydrazine groups is 1. The molecular formula is C15H21N3O3. The molecule has 114 valence electrons. The van der Waals surface area contributed by atoms with Gasteiger partial charge in [-0.25, -0.2) is 14.8 Å². The summed E-state index contributed by atoms with van der Waals surface area (Å²) in [7, 11) is 0. The van der Waals surface area contributed by atoms with E-state index in [0.717, 1.165) is 6.42 Å². The average molecular weight is 291 g/mol. The van der Waals surface area contributed by atoms with Gasteiger partial charge in [0.15, 0.2) is 0 Å². The van der Waals surface area contributed by atoms with E-state index in [4.69, 9.17) is 10.5 Å². The van der Waals surface area contributed by atoms with Crippen LogP contribution in [0.5, 0.6) is 0 Å². The van der Waals surface area contributed by atoms with Crippen molar-refractivity contribution in [1.82, 2.24) is 10.0 Å². The van der Waals surface area contributed by atoms with E-state index in [0.29, 0.717) is 24.3 Å². The van der Waals surface area contributed by atoms with Gasteiger partial charge in [-0.15, -0.1) is 0 Å². The number of hydrogen-bond donors (Lipinski definition) is 1. The Morgan fingerprint density at radius 2 is 1.67 bits per heavy atom. The highest BCUT2D eigenvalue weighted by Gasteiger charge is 2.34. The Morgan fingerprint density at radius 3 is 2.24 bits per heavy atom. The van der Waals surface area contributed by atoms with E-state index >= 15 is 0 Å². The smallest absolute Gasteiger partial charge is 0.429 e. The third-order valence-electron chi connectivity index (χ3n) is 3.03. The molecule has 1 aromatic rings. The maximum atomic E-state index is 12.5. The molecule has 0 bridgehead atoms. The van der Waals surface area contributed by atoms with Crippen molar-refractivity contribution in [2.75, 3.05) is 18.8 Å². The highest BCUT2D eigenvalue weighted by atomic mass is 16.6. The number of ether oxygens (including phenoxy) is 1. The van der Waals surface area contributed by atoms with E-state index in [1.54, 1.807) is 45.0 Å². The number of carbonyl (C=O) groups is 2. The third kappa shape index (κ3) is 3.65. The second kappa shape index (κ2) is 5.63. The molecule has 1 heterocycles. The van der Waals surface area contributed by atoms with Crippen LogP contribution in [0.4, 0.5) is 10.5 Å². The second-order valence-electron chi connectivity index (χ2n) is 6.01. The fourth-order valence-corrected chi connectivity index (χ4v) is 2.10. The maximum absolute atomic E-state index is 12.5. The van der Waals surface area contributed by atoms with Gasteiger partial charge >= 0.3 is 6.09 Å². The second-order valence-corrected chi connectivity index (χ2v) is 6.01. The molecule has 1 fully saturated rings. The average Bonchev–Trinajstić information content (AvgIpc) is 2.86. The highest BCUT2D eigenvalue weighted by Crippen LogP contribution is 2.19. The number of amides is 2. The van der Waals surface area contributed by atoms with Crippen LogP contribution in [-0.4, -0.2) is 40.7 Å². The minimum absolute atomic E-state index is 0.224. The Labute approximate surface area is 124 Å². The number of nitrogen functional groups attached to an aromatic ring is 1. The Bertz CT molecular complexity index is 534. The van der Waals surface area contributed by atoms with Gasteiger partial charge in [0.05, 0.1) is 0 Å². The maximum Gasteiger partial charge on any atom is 0.429 e. The molecule has 0 unspecified atom stereocenters. The van der Waals surface area contributed by atoms with Gasteiger partial charge in [0, 0.05) is 24.3 Å². The number of hydrogen-bond acceptors (Lipinski definition) is 4. The topological polar surface area (TPSA) is 75.9 Å². The van der Waals surface area contributed by atoms with Crippen LogP contribution in [0.2, 0.25) is 0 Å². The molecule has 1 saturated heterocycles. The van der Waals surface area contributed by atoms with Crippen LogP contribution < -0.4 is 5.73 Å². The summed E-state index contributed by atoms with van der Waals surface area (Å²) in [6.07, 6.45) is 0.240. The van der Waals surface area contributed by atoms with Gasteiger partial charge in [0.2, 0.25) is 0 Å². The number of benzene rings is 1. The van der Waals surface area contributed by atoms with Crippen molar-refractivity contribution in [3.8, 4) is 0 Å². The summed E-state index contributed by atoms with van der Waals surface area (Å²) in [6, 6.07) is 6.65. The fraction of sp³-hybridized carbons (Fsp3) is 0.467. The van der Waals surface area contributed by atoms with Crippen molar-refractivity contribution in [2.24, 2.45) is 0 Å². The van der Waals surface area contributed by atoms with Crippen molar-refractivity contribution < 1.29 is 14.3 Å². The predicted molar refractivity (Wildman–Crippen MR) is 79.4 cm³/mol. The number of carbonyl (C=O) groups excluding carboxylic acids is 2. The first-order valence-corrected chi connectivity index (χ1v) is 6.96. The van der Waals surface area contributed by atoms with E-state index in [-0.39, 0.29) is 5.91 Å². The fourth-order valence-electron chi connectivity index (χ4n) is 2.10. The van der Waals surface area contributed by atoms with E-state index in [1.807, 2.05) is 0 Å². The van der Waals surface area contributed by atoms with Crippen LogP contribution >= 0.6 is 0 Å². The SMILES string of the molecule is CC(C)(C)OC(=O)N1CCCN1C(=O)c1ccc(N)cc1. The van der Waals surface area contributed by atoms with E-state index in [9.17, 15) is 9.59 Å². The van der Waals surface area contributed by atoms with Crippen LogP contribution in [0.15, 0.2) is 24.3 Å². The van der Waals surface area contributed by atoms with Crippen LogP contribution in [0.1, 0.15) is 37.6 Å². The van der Waals surface area contributed by atoms with Crippen LogP contribution in [-0.2, 0) is 4.74 Å². The van der Waals surface area contributed by atoms with Gasteiger partial charge in [-0.2, -0.15) is 0 Å². The monoisotopic (exact) mass is 291 g/mol. The largest absolute Gasteiger partial charge is 0.442 e. The summed E-state index contributed by atoms with van der Waals surface area (Å²) in [4.78, 5) is 24.6. The van der Waals surface area contributed by atoms with Gasteiger partial charge in [0.25, 0.3) is 5.91 Å². The van der Waals surface area contributed by atoms with Crippen LogP contribution in [0, 0.1) is 0 Å². The molecule has 2 rings (SSSR count). The molecule has 0 atom stereocenters. The third-order valence-corrected chi connectivity index (χ3v) is 3.03. The molecule has 1 aliphatic rings. The van der Waals surface area contributed by atoms with Gasteiger partial charge < -0.3 is 10.5 Å². The molecule has 0 spiro atoms. The molecule has 2 N–H and O–H groups in total. The highest BCUT2D eigenvalue weighted by molar-refractivity contribution is 5.95. The minimum atomic E-state index is -0.588. The summed E-state index contributed by atoms with van der Waals surface area (Å²) in [5, 5.41) is 2.80. The Hall–Kier alpha value is -2.24. The van der Waals surface area contributed by atoms with Crippen LogP contribution in [0.3, 0.4) is 0 Å². The van der Waals surface area contributed by atoms with Gasteiger partial charge in [-0.3, -0.25) is 4.79 Å². The van der Waals surface area contributed by atoms with Gasteiger partial charge in [-0.1, -0.05) is 0 Å². The zero-order valence-electron chi connectivity index (χ0n) is 12.6. The first-order valence-electron chi connectivity index (χ1n) is 6.96. The zero-order valence-corrected chi connectivity index (χ0v) is 12.6. The summed E-state index contributed by atoms with van der Waals surface area (Å²) in [5.74, 6) is -0.224. The Balaban J connectivity index is 2.13. The summed E-state index contributed by atoms with van der Waals surface area (Å²) < 4.78 is 5.33. The van der Waals surface area contributed by atoms with E-state index < -0.39 is 11.7 Å². The van der Waals surface area contributed by atoms with Crippen molar-refractivity contribution >= 4 is 17.7 Å². The van der Waals surface area contributed by atoms with Crippen molar-refractivity contribution in [1.29, 1.82) is 0 Å². The molecule has 0 saturated carbocycles.